The molecule has 1 aliphatic rings. The van der Waals surface area contributed by atoms with Crippen LogP contribution in [0.5, 0.6) is 0 Å². The van der Waals surface area contributed by atoms with Crippen molar-refractivity contribution in [2.75, 3.05) is 6.54 Å². The number of carbonyl (C=O) groups excluding carboxylic acids is 1. The zero-order chi connectivity index (χ0) is 12.4. The average molecular weight is 294 g/mol. The van der Waals surface area contributed by atoms with E-state index in [1.165, 1.54) is 0 Å². The van der Waals surface area contributed by atoms with E-state index >= 15 is 0 Å². The second-order valence-electron chi connectivity index (χ2n) is 4.37. The molecule has 3 heteroatoms. The number of fused-ring (bicyclic) bond motifs is 1. The van der Waals surface area contributed by atoms with Crippen molar-refractivity contribution in [3.8, 4) is 0 Å². The Morgan fingerprint density at radius 2 is 2.00 bits per heavy atom. The number of amides is 1. The molecule has 17 heavy (non-hydrogen) atoms. The average Bonchev–Trinajstić information content (AvgIpc) is 2.54. The molecular weight excluding hydrogens is 278 g/mol. The minimum absolute atomic E-state index is 0.0906. The van der Waals surface area contributed by atoms with Crippen LogP contribution >= 0.6 is 15.9 Å². The summed E-state index contributed by atoms with van der Waals surface area (Å²) in [6, 6.07) is 7.67. The summed E-state index contributed by atoms with van der Waals surface area (Å²) in [5.74, 6) is 0.0906. The highest BCUT2D eigenvalue weighted by atomic mass is 79.9. The number of rotatable bonds is 4. The predicted molar refractivity (Wildman–Crippen MR) is 74.1 cm³/mol. The number of hydrogen-bond donors (Lipinski definition) is 0. The van der Waals surface area contributed by atoms with Gasteiger partial charge in [-0.15, -0.1) is 0 Å². The van der Waals surface area contributed by atoms with Crippen molar-refractivity contribution in [2.45, 2.75) is 24.6 Å². The topological polar surface area (TPSA) is 20.3 Å². The quantitative estimate of drug-likeness (QED) is 0.776. The molecule has 0 aliphatic carbocycles. The second kappa shape index (κ2) is 5.05. The Hall–Kier alpha value is -1.09. The summed E-state index contributed by atoms with van der Waals surface area (Å²) in [7, 11) is 0. The number of nitrogens with zero attached hydrogens (tertiary/aromatic N) is 1. The first-order valence-corrected chi connectivity index (χ1v) is 6.77. The molecule has 0 radical (unpaired) electrons. The maximum atomic E-state index is 12.1. The Balaban J connectivity index is 2.08. The van der Waals surface area contributed by atoms with Gasteiger partial charge in [0.2, 0.25) is 0 Å². The summed E-state index contributed by atoms with van der Waals surface area (Å²) in [4.78, 5) is 14.4. The first-order chi connectivity index (χ1) is 8.11. The SMILES string of the molecule is C=C1c2ccccc2C(=O)N1CCCC(C)Br. The predicted octanol–water partition coefficient (Wildman–Crippen LogP) is 3.68. The minimum atomic E-state index is 0.0906. The monoisotopic (exact) mass is 293 g/mol. The fourth-order valence-corrected chi connectivity index (χ4v) is 2.43. The van der Waals surface area contributed by atoms with Gasteiger partial charge in [0.25, 0.3) is 5.91 Å². The van der Waals surface area contributed by atoms with Gasteiger partial charge < -0.3 is 4.90 Å². The lowest BCUT2D eigenvalue weighted by Gasteiger charge is -2.17. The van der Waals surface area contributed by atoms with Gasteiger partial charge in [0.15, 0.2) is 0 Å². The molecule has 0 saturated heterocycles. The molecule has 0 N–H and O–H groups in total. The van der Waals surface area contributed by atoms with Crippen molar-refractivity contribution in [1.82, 2.24) is 4.90 Å². The maximum Gasteiger partial charge on any atom is 0.258 e. The van der Waals surface area contributed by atoms with Gasteiger partial charge in [-0.2, -0.15) is 0 Å². The van der Waals surface area contributed by atoms with E-state index in [2.05, 4.69) is 29.4 Å². The van der Waals surface area contributed by atoms with Gasteiger partial charge in [-0.05, 0) is 18.9 Å². The highest BCUT2D eigenvalue weighted by Gasteiger charge is 2.29. The van der Waals surface area contributed by atoms with Crippen molar-refractivity contribution >= 4 is 27.5 Å². The van der Waals surface area contributed by atoms with Gasteiger partial charge in [0.1, 0.15) is 0 Å². The lowest BCUT2D eigenvalue weighted by atomic mass is 10.1. The van der Waals surface area contributed by atoms with E-state index in [9.17, 15) is 4.79 Å². The van der Waals surface area contributed by atoms with Gasteiger partial charge in [-0.25, -0.2) is 0 Å². The van der Waals surface area contributed by atoms with Crippen LogP contribution in [0.15, 0.2) is 30.8 Å². The number of benzene rings is 1. The second-order valence-corrected chi connectivity index (χ2v) is 5.94. The third kappa shape index (κ3) is 2.44. The van der Waals surface area contributed by atoms with E-state index in [-0.39, 0.29) is 5.91 Å². The van der Waals surface area contributed by atoms with Crippen molar-refractivity contribution < 1.29 is 4.79 Å². The van der Waals surface area contributed by atoms with Crippen LogP contribution in [0.1, 0.15) is 35.7 Å². The normalized spacial score (nSPS) is 16.2. The molecule has 1 atom stereocenters. The third-order valence-corrected chi connectivity index (χ3v) is 3.48. The highest BCUT2D eigenvalue weighted by molar-refractivity contribution is 9.09. The summed E-state index contributed by atoms with van der Waals surface area (Å²) in [6.45, 7) is 6.89. The van der Waals surface area contributed by atoms with Crippen LogP contribution < -0.4 is 0 Å². The summed E-state index contributed by atoms with van der Waals surface area (Å²) >= 11 is 3.52. The van der Waals surface area contributed by atoms with Gasteiger partial charge in [-0.3, -0.25) is 4.79 Å². The van der Waals surface area contributed by atoms with Gasteiger partial charge in [0.05, 0.1) is 0 Å². The van der Waals surface area contributed by atoms with E-state index in [0.29, 0.717) is 4.83 Å². The van der Waals surface area contributed by atoms with Crippen molar-refractivity contribution in [3.05, 3.63) is 42.0 Å². The van der Waals surface area contributed by atoms with Crippen molar-refractivity contribution in [2.24, 2.45) is 0 Å². The molecule has 1 aromatic rings. The molecule has 0 saturated carbocycles. The van der Waals surface area contributed by atoms with Crippen LogP contribution in [0.4, 0.5) is 0 Å². The maximum absolute atomic E-state index is 12.1. The smallest absolute Gasteiger partial charge is 0.258 e. The van der Waals surface area contributed by atoms with Crippen LogP contribution in [0, 0.1) is 0 Å². The third-order valence-electron chi connectivity index (χ3n) is 3.02. The molecule has 0 bridgehead atoms. The minimum Gasteiger partial charge on any atom is -0.308 e. The molecule has 2 rings (SSSR count). The van der Waals surface area contributed by atoms with E-state index < -0.39 is 0 Å². The fraction of sp³-hybridized carbons (Fsp3) is 0.357. The van der Waals surface area contributed by atoms with Crippen molar-refractivity contribution in [1.29, 1.82) is 0 Å². The van der Waals surface area contributed by atoms with Crippen LogP contribution in [-0.4, -0.2) is 22.2 Å². The molecule has 2 nitrogen and oxygen atoms in total. The Morgan fingerprint density at radius 1 is 1.35 bits per heavy atom. The largest absolute Gasteiger partial charge is 0.308 e. The summed E-state index contributed by atoms with van der Waals surface area (Å²) in [5, 5.41) is 0. The highest BCUT2D eigenvalue weighted by Crippen LogP contribution is 2.31. The Bertz CT molecular complexity index is 418. The van der Waals surface area contributed by atoms with E-state index in [1.807, 2.05) is 24.3 Å². The zero-order valence-electron chi connectivity index (χ0n) is 9.95. The molecule has 1 heterocycles. The molecular formula is C14H16BrNO. The summed E-state index contributed by atoms with van der Waals surface area (Å²) in [6.07, 6.45) is 2.05. The standard InChI is InChI=1S/C14H16BrNO/c1-10(15)6-5-9-16-11(2)12-7-3-4-8-13(12)14(16)17/h3-4,7-8,10H,2,5-6,9H2,1H3. The van der Waals surface area contributed by atoms with E-state index in [0.717, 1.165) is 36.2 Å². The fourth-order valence-electron chi connectivity index (χ4n) is 2.10. The lowest BCUT2D eigenvalue weighted by molar-refractivity contribution is 0.0849. The van der Waals surface area contributed by atoms with Gasteiger partial charge >= 0.3 is 0 Å². The van der Waals surface area contributed by atoms with Gasteiger partial charge in [-0.1, -0.05) is 47.6 Å². The molecule has 1 unspecified atom stereocenters. The molecule has 1 amide bonds. The zero-order valence-corrected chi connectivity index (χ0v) is 11.5. The van der Waals surface area contributed by atoms with Crippen LogP contribution in [0.3, 0.4) is 0 Å². The lowest BCUT2D eigenvalue weighted by Crippen LogP contribution is -2.24. The molecule has 0 fully saturated rings. The summed E-state index contributed by atoms with van der Waals surface area (Å²) < 4.78 is 0. The van der Waals surface area contributed by atoms with Crippen LogP contribution in [0.2, 0.25) is 0 Å². The van der Waals surface area contributed by atoms with Crippen LogP contribution in [0.25, 0.3) is 5.70 Å². The number of hydrogen-bond acceptors (Lipinski definition) is 1. The Morgan fingerprint density at radius 3 is 2.59 bits per heavy atom. The first-order valence-electron chi connectivity index (χ1n) is 5.85. The van der Waals surface area contributed by atoms with Gasteiger partial charge in [0, 0.05) is 28.2 Å². The number of alkyl halides is 1. The number of carbonyl (C=O) groups is 1. The van der Waals surface area contributed by atoms with E-state index in [4.69, 9.17) is 0 Å². The number of halogens is 1. The van der Waals surface area contributed by atoms with Crippen LogP contribution in [-0.2, 0) is 0 Å². The Labute approximate surface area is 110 Å². The first kappa shape index (κ1) is 12.4. The molecule has 1 aliphatic heterocycles. The molecule has 0 aromatic heterocycles. The Kier molecular flexibility index (Phi) is 3.67. The molecule has 90 valence electrons. The summed E-state index contributed by atoms with van der Waals surface area (Å²) in [5.41, 5.74) is 2.60. The van der Waals surface area contributed by atoms with Crippen molar-refractivity contribution in [3.63, 3.8) is 0 Å². The molecule has 1 aromatic carbocycles. The molecule has 0 spiro atoms. The van der Waals surface area contributed by atoms with E-state index in [1.54, 1.807) is 4.90 Å².